The first-order valence-corrected chi connectivity index (χ1v) is 5.32. The van der Waals surface area contributed by atoms with Crippen molar-refractivity contribution in [2.75, 3.05) is 13.1 Å². The third kappa shape index (κ3) is 2.60. The minimum Gasteiger partial charge on any atom is -0.371 e. The molecule has 1 aliphatic rings. The number of ether oxygens (including phenoxy) is 1. The molecule has 0 bridgehead atoms. The maximum atomic E-state index is 10.8. The van der Waals surface area contributed by atoms with Crippen LogP contribution in [0, 0.1) is 20.2 Å². The van der Waals surface area contributed by atoms with Crippen LogP contribution < -0.4 is 5.32 Å². The maximum absolute atomic E-state index is 10.8. The highest BCUT2D eigenvalue weighted by Crippen LogP contribution is 2.25. The van der Waals surface area contributed by atoms with Gasteiger partial charge in [0.05, 0.1) is 34.2 Å². The Morgan fingerprint density at radius 1 is 1.28 bits per heavy atom. The Morgan fingerprint density at radius 3 is 2.50 bits per heavy atom. The summed E-state index contributed by atoms with van der Waals surface area (Å²) in [7, 11) is 0. The fourth-order valence-electron chi connectivity index (χ4n) is 1.55. The number of rotatable bonds is 5. The molecule has 2 rings (SSSR count). The highest BCUT2D eigenvalue weighted by molar-refractivity contribution is 5.48. The van der Waals surface area contributed by atoms with Crippen LogP contribution in [0.15, 0.2) is 18.2 Å². The summed E-state index contributed by atoms with van der Waals surface area (Å²) >= 11 is 0. The highest BCUT2D eigenvalue weighted by atomic mass is 16.6. The van der Waals surface area contributed by atoms with Gasteiger partial charge in [-0.15, -0.1) is 0 Å². The van der Waals surface area contributed by atoms with Gasteiger partial charge in [-0.3, -0.25) is 20.2 Å². The molecule has 0 atom stereocenters. The molecular formula is C10H11N3O5. The first kappa shape index (κ1) is 12.4. The Kier molecular flexibility index (Phi) is 3.49. The highest BCUT2D eigenvalue weighted by Gasteiger charge is 2.22. The number of nitro groups is 2. The second kappa shape index (κ2) is 5.07. The molecule has 0 amide bonds. The van der Waals surface area contributed by atoms with Gasteiger partial charge < -0.3 is 10.1 Å². The Bertz CT molecular complexity index is 486. The summed E-state index contributed by atoms with van der Waals surface area (Å²) in [4.78, 5) is 20.1. The molecule has 18 heavy (non-hydrogen) atoms. The van der Waals surface area contributed by atoms with Gasteiger partial charge >= 0.3 is 0 Å². The molecule has 0 radical (unpaired) electrons. The summed E-state index contributed by atoms with van der Waals surface area (Å²) in [6.45, 7) is 1.53. The number of benzene rings is 1. The number of nitro benzene ring substituents is 2. The van der Waals surface area contributed by atoms with Gasteiger partial charge in [0.1, 0.15) is 0 Å². The van der Waals surface area contributed by atoms with Crippen LogP contribution >= 0.6 is 0 Å². The van der Waals surface area contributed by atoms with Gasteiger partial charge in [0, 0.05) is 19.2 Å². The molecule has 0 aliphatic carbocycles. The van der Waals surface area contributed by atoms with Crippen molar-refractivity contribution in [2.45, 2.75) is 12.7 Å². The minimum absolute atomic E-state index is 0.0554. The van der Waals surface area contributed by atoms with E-state index in [0.717, 1.165) is 19.2 Å². The number of hydrogen-bond donors (Lipinski definition) is 1. The van der Waals surface area contributed by atoms with E-state index < -0.39 is 9.85 Å². The summed E-state index contributed by atoms with van der Waals surface area (Å²) in [5, 5.41) is 24.4. The molecule has 0 saturated carbocycles. The average molecular weight is 253 g/mol. The molecule has 0 aromatic heterocycles. The van der Waals surface area contributed by atoms with E-state index in [4.69, 9.17) is 4.74 Å². The fraction of sp³-hybridized carbons (Fsp3) is 0.400. The monoisotopic (exact) mass is 253 g/mol. The molecule has 1 aromatic rings. The minimum atomic E-state index is -0.659. The Labute approximate surface area is 102 Å². The van der Waals surface area contributed by atoms with Crippen LogP contribution in [0.3, 0.4) is 0 Å². The zero-order valence-corrected chi connectivity index (χ0v) is 9.37. The second-order valence-electron chi connectivity index (χ2n) is 3.92. The maximum Gasteiger partial charge on any atom is 0.281 e. The van der Waals surface area contributed by atoms with Crippen molar-refractivity contribution in [3.8, 4) is 0 Å². The Morgan fingerprint density at radius 2 is 2.00 bits per heavy atom. The third-order valence-corrected chi connectivity index (χ3v) is 2.69. The van der Waals surface area contributed by atoms with Crippen molar-refractivity contribution < 1.29 is 14.6 Å². The van der Waals surface area contributed by atoms with Crippen LogP contribution in [0.1, 0.15) is 5.56 Å². The first-order chi connectivity index (χ1) is 8.58. The van der Waals surface area contributed by atoms with Crippen LogP contribution in [0.5, 0.6) is 0 Å². The first-order valence-electron chi connectivity index (χ1n) is 5.32. The van der Waals surface area contributed by atoms with Gasteiger partial charge in [-0.1, -0.05) is 0 Å². The second-order valence-corrected chi connectivity index (χ2v) is 3.92. The van der Waals surface area contributed by atoms with Gasteiger partial charge in [-0.25, -0.2) is 0 Å². The molecular weight excluding hydrogens is 242 g/mol. The van der Waals surface area contributed by atoms with Gasteiger partial charge in [0.25, 0.3) is 11.4 Å². The zero-order chi connectivity index (χ0) is 13.1. The standard InChI is InChI=1S/C10H11N3O5/c14-12(15)8-2-1-7(10(3-8)13(16)17)6-18-9-4-11-5-9/h1-3,9,11H,4-6H2. The number of non-ortho nitro benzene ring substituents is 1. The van der Waals surface area contributed by atoms with Gasteiger partial charge in [0.2, 0.25) is 0 Å². The smallest absolute Gasteiger partial charge is 0.281 e. The lowest BCUT2D eigenvalue weighted by Crippen LogP contribution is -2.48. The van der Waals surface area contributed by atoms with Crippen molar-refractivity contribution in [1.82, 2.24) is 5.32 Å². The van der Waals surface area contributed by atoms with Crippen molar-refractivity contribution >= 4 is 11.4 Å². The zero-order valence-electron chi connectivity index (χ0n) is 9.37. The fourth-order valence-corrected chi connectivity index (χ4v) is 1.55. The third-order valence-electron chi connectivity index (χ3n) is 2.69. The predicted octanol–water partition coefficient (Wildman–Crippen LogP) is 0.991. The van der Waals surface area contributed by atoms with Crippen LogP contribution in [0.2, 0.25) is 0 Å². The average Bonchev–Trinajstić information content (AvgIpc) is 2.26. The molecule has 1 aromatic carbocycles. The van der Waals surface area contributed by atoms with E-state index >= 15 is 0 Å². The van der Waals surface area contributed by atoms with E-state index in [2.05, 4.69) is 5.32 Å². The molecule has 1 N–H and O–H groups in total. The number of nitrogens with one attached hydrogen (secondary N) is 1. The summed E-state index contributed by atoms with van der Waals surface area (Å²) in [5.41, 5.74) is -0.232. The van der Waals surface area contributed by atoms with E-state index in [1.165, 1.54) is 12.1 Å². The molecule has 8 heteroatoms. The van der Waals surface area contributed by atoms with Crippen LogP contribution in [0.4, 0.5) is 11.4 Å². The van der Waals surface area contributed by atoms with E-state index in [-0.39, 0.29) is 24.1 Å². The van der Waals surface area contributed by atoms with Gasteiger partial charge in [-0.2, -0.15) is 0 Å². The summed E-state index contributed by atoms with van der Waals surface area (Å²) in [6, 6.07) is 3.56. The van der Waals surface area contributed by atoms with E-state index in [0.29, 0.717) is 5.56 Å². The van der Waals surface area contributed by atoms with E-state index in [1.54, 1.807) is 0 Å². The molecule has 0 spiro atoms. The lowest BCUT2D eigenvalue weighted by molar-refractivity contribution is -0.394. The molecule has 96 valence electrons. The molecule has 1 heterocycles. The van der Waals surface area contributed by atoms with E-state index in [1.807, 2.05) is 0 Å². The predicted molar refractivity (Wildman–Crippen MR) is 61.2 cm³/mol. The summed E-state index contributed by atoms with van der Waals surface area (Å²) in [6.07, 6.45) is 0.0554. The summed E-state index contributed by atoms with van der Waals surface area (Å²) in [5.74, 6) is 0. The summed E-state index contributed by atoms with van der Waals surface area (Å²) < 4.78 is 5.42. The van der Waals surface area contributed by atoms with E-state index in [9.17, 15) is 20.2 Å². The van der Waals surface area contributed by atoms with Crippen molar-refractivity contribution in [3.63, 3.8) is 0 Å². The Hall–Kier alpha value is -2.06. The molecule has 0 unspecified atom stereocenters. The van der Waals surface area contributed by atoms with Crippen LogP contribution in [-0.4, -0.2) is 29.0 Å². The van der Waals surface area contributed by atoms with Gasteiger partial charge in [-0.05, 0) is 6.07 Å². The largest absolute Gasteiger partial charge is 0.371 e. The SMILES string of the molecule is O=[N+]([O-])c1ccc(COC2CNC2)c([N+](=O)[O-])c1. The lowest BCUT2D eigenvalue weighted by atomic mass is 10.1. The normalized spacial score (nSPS) is 15.1. The number of hydrogen-bond acceptors (Lipinski definition) is 6. The van der Waals surface area contributed by atoms with Crippen molar-refractivity contribution in [1.29, 1.82) is 0 Å². The topological polar surface area (TPSA) is 108 Å². The Balaban J connectivity index is 2.16. The molecule has 1 fully saturated rings. The molecule has 1 saturated heterocycles. The van der Waals surface area contributed by atoms with Crippen LogP contribution in [0.25, 0.3) is 0 Å². The molecule has 8 nitrogen and oxygen atoms in total. The molecule has 1 aliphatic heterocycles. The van der Waals surface area contributed by atoms with Crippen molar-refractivity contribution in [3.05, 3.63) is 44.0 Å². The number of nitrogens with zero attached hydrogens (tertiary/aromatic N) is 2. The van der Waals surface area contributed by atoms with Crippen molar-refractivity contribution in [2.24, 2.45) is 0 Å². The quantitative estimate of drug-likeness (QED) is 0.619. The van der Waals surface area contributed by atoms with Crippen LogP contribution in [-0.2, 0) is 11.3 Å². The van der Waals surface area contributed by atoms with Gasteiger partial charge in [0.15, 0.2) is 0 Å². The lowest BCUT2D eigenvalue weighted by Gasteiger charge is -2.26.